The fraction of sp³-hybridized carbons (Fsp3) is 0. The summed E-state index contributed by atoms with van der Waals surface area (Å²) in [5.74, 6) is 0. The van der Waals surface area contributed by atoms with Crippen LogP contribution in [-0.4, -0.2) is 0 Å². The van der Waals surface area contributed by atoms with Gasteiger partial charge in [-0.3, -0.25) is 0 Å². The third-order valence-electron chi connectivity index (χ3n) is 0. The first-order valence-corrected chi connectivity index (χ1v) is 0.756. The SMILES string of the molecule is [C-]#N.[Fe].[O]=[Ni]. The summed E-state index contributed by atoms with van der Waals surface area (Å²) in [5.41, 5.74) is 0. The van der Waals surface area contributed by atoms with E-state index in [1.165, 1.54) is 0 Å². The summed E-state index contributed by atoms with van der Waals surface area (Å²) in [6, 6.07) is 0. The Labute approximate surface area is 48.6 Å². The van der Waals surface area contributed by atoms with E-state index in [1.807, 2.05) is 0 Å². The molecule has 0 aromatic heterocycles. The molecule has 5 heavy (non-hydrogen) atoms. The van der Waals surface area contributed by atoms with E-state index in [0.717, 1.165) is 0 Å². The molecule has 0 radical (unpaired) electrons. The summed E-state index contributed by atoms with van der Waals surface area (Å²) in [7, 11) is 0. The number of nitrogens with zero attached hydrogens (tertiary/aromatic N) is 1. The van der Waals surface area contributed by atoms with Gasteiger partial charge in [-0.1, -0.05) is 0 Å². The third kappa shape index (κ3) is 249. The summed E-state index contributed by atoms with van der Waals surface area (Å²) in [4.78, 5) is 0. The van der Waals surface area contributed by atoms with Crippen LogP contribution in [0.15, 0.2) is 0 Å². The monoisotopic (exact) mass is 156 g/mol. The van der Waals surface area contributed by atoms with Gasteiger partial charge in [-0.15, -0.1) is 0 Å². The minimum absolute atomic E-state index is 0. The molecule has 0 amide bonds. The van der Waals surface area contributed by atoms with E-state index in [2.05, 4.69) is 15.4 Å². The van der Waals surface area contributed by atoms with Crippen LogP contribution < -0.4 is 0 Å². The molecule has 2 nitrogen and oxygen atoms in total. The first-order chi connectivity index (χ1) is 2.00. The molecular weight excluding hydrogens is 157 g/mol. The molecule has 0 atom stereocenters. The average molecular weight is 157 g/mol. The topological polar surface area (TPSA) is 40.9 Å². The summed E-state index contributed by atoms with van der Waals surface area (Å²) in [6.07, 6.45) is 0. The summed E-state index contributed by atoms with van der Waals surface area (Å²) >= 11 is 2.62. The van der Waals surface area contributed by atoms with E-state index in [-0.39, 0.29) is 17.1 Å². The molecule has 0 aliphatic rings. The maximum absolute atomic E-state index is 7.88. The van der Waals surface area contributed by atoms with Crippen molar-refractivity contribution in [2.45, 2.75) is 0 Å². The molecule has 0 aliphatic carbocycles. The van der Waals surface area contributed by atoms with Crippen molar-refractivity contribution >= 4 is 0 Å². The van der Waals surface area contributed by atoms with Crippen molar-refractivity contribution in [1.29, 1.82) is 5.26 Å². The fourth-order valence-electron chi connectivity index (χ4n) is 0. The van der Waals surface area contributed by atoms with Gasteiger partial charge >= 0.3 is 19.3 Å². The maximum atomic E-state index is 7.88. The number of hydrogen-bond acceptors (Lipinski definition) is 2. The fourth-order valence-corrected chi connectivity index (χ4v) is 0. The zero-order valence-electron chi connectivity index (χ0n) is 2.03. The first-order valence-electron chi connectivity index (χ1n) is 0.353. The molecular formula is CFeNNiO-. The standard InChI is InChI=1S/CN.Fe.Ni.O/c1-2;;;/q-1;;;. The van der Waals surface area contributed by atoms with Gasteiger partial charge < -0.3 is 11.8 Å². The van der Waals surface area contributed by atoms with Crippen molar-refractivity contribution in [3.63, 3.8) is 0 Å². The van der Waals surface area contributed by atoms with E-state index < -0.39 is 0 Å². The molecule has 0 N–H and O–H groups in total. The van der Waals surface area contributed by atoms with E-state index in [9.17, 15) is 0 Å². The van der Waals surface area contributed by atoms with Crippen molar-refractivity contribution in [1.82, 2.24) is 0 Å². The Kier molecular flexibility index (Phi) is 1890. The second-order valence-electron chi connectivity index (χ2n) is 0. The molecule has 0 rings (SSSR count). The van der Waals surface area contributed by atoms with Crippen molar-refractivity contribution in [2.75, 3.05) is 0 Å². The van der Waals surface area contributed by atoms with Gasteiger partial charge in [0.25, 0.3) is 0 Å². The third-order valence-corrected chi connectivity index (χ3v) is 0. The molecule has 0 saturated heterocycles. The second-order valence-corrected chi connectivity index (χ2v) is 0. The molecule has 0 aliphatic heterocycles. The van der Waals surface area contributed by atoms with Crippen LogP contribution in [0.1, 0.15) is 0 Å². The zero-order valence-corrected chi connectivity index (χ0v) is 4.12. The van der Waals surface area contributed by atoms with Crippen LogP contribution in [0.2, 0.25) is 0 Å². The molecule has 0 fully saturated rings. The van der Waals surface area contributed by atoms with Gasteiger partial charge in [0.05, 0.1) is 0 Å². The van der Waals surface area contributed by atoms with Crippen LogP contribution in [0.25, 0.3) is 0 Å². The average Bonchev–Trinajstić information content (AvgIpc) is 1.50. The molecule has 0 saturated carbocycles. The van der Waals surface area contributed by atoms with Crippen LogP contribution >= 0.6 is 0 Å². The van der Waals surface area contributed by atoms with Gasteiger partial charge in [0, 0.05) is 17.1 Å². The Bertz CT molecular complexity index is 22.9. The van der Waals surface area contributed by atoms with Gasteiger partial charge in [-0.25, -0.2) is 0 Å². The van der Waals surface area contributed by atoms with Crippen molar-refractivity contribution in [3.05, 3.63) is 6.57 Å². The van der Waals surface area contributed by atoms with Crippen molar-refractivity contribution < 1.29 is 36.4 Å². The molecule has 0 aromatic rings. The quantitative estimate of drug-likeness (QED) is 0.365. The van der Waals surface area contributed by atoms with Gasteiger partial charge in [-0.05, 0) is 0 Å². The van der Waals surface area contributed by atoms with Crippen molar-refractivity contribution in [2.24, 2.45) is 0 Å². The normalized spacial score (nSPS) is 1.60. The van der Waals surface area contributed by atoms with E-state index in [4.69, 9.17) is 15.7 Å². The Hall–Kier alpha value is 0.303. The molecule has 0 bridgehead atoms. The van der Waals surface area contributed by atoms with Crippen molar-refractivity contribution in [3.8, 4) is 0 Å². The molecule has 0 unspecified atom stereocenters. The Morgan fingerprint density at radius 1 is 1.40 bits per heavy atom. The van der Waals surface area contributed by atoms with Crippen LogP contribution in [0.5, 0.6) is 0 Å². The second kappa shape index (κ2) is 511. The summed E-state index contributed by atoms with van der Waals surface area (Å²) in [5, 5.41) is 6.25. The zero-order chi connectivity index (χ0) is 4.00. The van der Waals surface area contributed by atoms with Crippen LogP contribution in [0.4, 0.5) is 0 Å². The predicted octanol–water partition coefficient (Wildman–Crippen LogP) is -0.0274. The van der Waals surface area contributed by atoms with Gasteiger partial charge in [-0.2, -0.15) is 0 Å². The van der Waals surface area contributed by atoms with Crippen LogP contribution in [0.3, 0.4) is 0 Å². The van der Waals surface area contributed by atoms with E-state index in [1.54, 1.807) is 0 Å². The van der Waals surface area contributed by atoms with E-state index >= 15 is 0 Å². The first kappa shape index (κ1) is 18.5. The summed E-state index contributed by atoms with van der Waals surface area (Å²) < 4.78 is 7.88. The predicted molar refractivity (Wildman–Crippen MR) is 5.65 cm³/mol. The molecule has 0 heterocycles. The Morgan fingerprint density at radius 2 is 1.40 bits per heavy atom. The Morgan fingerprint density at radius 3 is 1.40 bits per heavy atom. The van der Waals surface area contributed by atoms with Crippen LogP contribution in [-0.2, 0) is 36.4 Å². The van der Waals surface area contributed by atoms with E-state index in [0.29, 0.717) is 0 Å². The molecule has 0 aromatic carbocycles. The number of hydrogen-bond donors (Lipinski definition) is 0. The Balaban J connectivity index is -0.0000000133. The molecule has 4 heteroatoms. The van der Waals surface area contributed by atoms with Crippen LogP contribution in [0, 0.1) is 11.8 Å². The summed E-state index contributed by atoms with van der Waals surface area (Å²) in [6.45, 7) is 4.75. The number of rotatable bonds is 0. The minimum atomic E-state index is 0. The van der Waals surface area contributed by atoms with Gasteiger partial charge in [0.15, 0.2) is 0 Å². The van der Waals surface area contributed by atoms with Gasteiger partial charge in [0.1, 0.15) is 0 Å². The van der Waals surface area contributed by atoms with Gasteiger partial charge in [0.2, 0.25) is 0 Å². The molecule has 0 spiro atoms. The molecule has 34 valence electrons.